The molecular weight excluding hydrogens is 304 g/mol. The molecule has 0 aliphatic carbocycles. The quantitative estimate of drug-likeness (QED) is 0.718. The molecular formula is C12H36N7P2+. The van der Waals surface area contributed by atoms with Gasteiger partial charge in [0.2, 0.25) is 0 Å². The van der Waals surface area contributed by atoms with E-state index in [4.69, 9.17) is 4.74 Å². The third-order valence-electron chi connectivity index (χ3n) is 3.60. The van der Waals surface area contributed by atoms with Crippen molar-refractivity contribution in [1.82, 2.24) is 23.8 Å². The molecule has 21 heavy (non-hydrogen) atoms. The third-order valence-corrected chi connectivity index (χ3v) is 12.3. The fourth-order valence-electron chi connectivity index (χ4n) is 3.11. The third kappa shape index (κ3) is 3.61. The maximum absolute atomic E-state index is 4.99. The molecule has 1 atom stereocenters. The van der Waals surface area contributed by atoms with E-state index in [0.29, 0.717) is 0 Å². The van der Waals surface area contributed by atoms with Crippen LogP contribution in [-0.4, -0.2) is 99.8 Å². The molecule has 0 aromatic carbocycles. The summed E-state index contributed by atoms with van der Waals surface area (Å²) in [6, 6.07) is 0. The Morgan fingerprint density at radius 2 is 1.24 bits per heavy atom. The van der Waals surface area contributed by atoms with E-state index in [0.717, 1.165) is 6.54 Å². The van der Waals surface area contributed by atoms with Crippen molar-refractivity contribution in [2.24, 2.45) is 4.74 Å². The van der Waals surface area contributed by atoms with Crippen LogP contribution in [0.4, 0.5) is 0 Å². The maximum Gasteiger partial charge on any atom is 0.351 e. The largest absolute Gasteiger partial charge is 0.351 e. The van der Waals surface area contributed by atoms with Crippen LogP contribution in [0.5, 0.6) is 0 Å². The molecule has 0 bridgehead atoms. The minimum Gasteiger partial charge on any atom is -0.220 e. The van der Waals surface area contributed by atoms with E-state index < -0.39 is 15.0 Å². The van der Waals surface area contributed by atoms with Crippen molar-refractivity contribution in [1.29, 1.82) is 0 Å². The van der Waals surface area contributed by atoms with Crippen LogP contribution in [0.25, 0.3) is 0 Å². The SMILES string of the molecule is CCN=P(NC)(N(C)C)[N+](C)=P(N(C)C)(N(C)C)N(C)C. The summed E-state index contributed by atoms with van der Waals surface area (Å²) >= 11 is 0. The van der Waals surface area contributed by atoms with Crippen LogP contribution >= 0.6 is 15.0 Å². The monoisotopic (exact) mass is 340 g/mol. The van der Waals surface area contributed by atoms with Crippen LogP contribution in [0.15, 0.2) is 4.74 Å². The molecule has 9 heteroatoms. The van der Waals surface area contributed by atoms with Crippen LogP contribution in [0.2, 0.25) is 0 Å². The van der Waals surface area contributed by atoms with Gasteiger partial charge in [-0.3, -0.25) is 0 Å². The van der Waals surface area contributed by atoms with E-state index in [2.05, 4.69) is 98.2 Å². The van der Waals surface area contributed by atoms with Crippen LogP contribution in [0, 0.1) is 0 Å². The van der Waals surface area contributed by atoms with Crippen molar-refractivity contribution in [2.45, 2.75) is 6.92 Å². The van der Waals surface area contributed by atoms with Crippen molar-refractivity contribution in [2.75, 3.05) is 77.0 Å². The maximum atomic E-state index is 4.99. The zero-order valence-corrected chi connectivity index (χ0v) is 17.6. The van der Waals surface area contributed by atoms with E-state index in [1.165, 1.54) is 0 Å². The Kier molecular flexibility index (Phi) is 8.31. The Balaban J connectivity index is 6.91. The lowest BCUT2D eigenvalue weighted by atomic mass is 10.8. The van der Waals surface area contributed by atoms with Gasteiger partial charge in [0.05, 0.1) is 0 Å². The smallest absolute Gasteiger partial charge is 0.220 e. The van der Waals surface area contributed by atoms with Gasteiger partial charge in [-0.25, -0.2) is 28.5 Å². The first-order chi connectivity index (χ1) is 9.55. The summed E-state index contributed by atoms with van der Waals surface area (Å²) in [4.78, 5) is 0. The lowest BCUT2D eigenvalue weighted by Gasteiger charge is -2.40. The fourth-order valence-corrected chi connectivity index (χ4v) is 12.7. The summed E-state index contributed by atoms with van der Waals surface area (Å²) in [5.41, 5.74) is 0. The molecule has 7 nitrogen and oxygen atoms in total. The lowest BCUT2D eigenvalue weighted by molar-refractivity contribution is -0.327. The summed E-state index contributed by atoms with van der Waals surface area (Å²) in [7, 11) is 17.5. The molecule has 0 heterocycles. The van der Waals surface area contributed by atoms with E-state index in [9.17, 15) is 0 Å². The van der Waals surface area contributed by atoms with Gasteiger partial charge in [-0.15, -0.1) is 0 Å². The highest BCUT2D eigenvalue weighted by molar-refractivity contribution is 7.64. The van der Waals surface area contributed by atoms with Crippen LogP contribution in [0.3, 0.4) is 0 Å². The second-order valence-electron chi connectivity index (χ2n) is 5.66. The molecule has 1 N–H and O–H groups in total. The van der Waals surface area contributed by atoms with E-state index in [1.54, 1.807) is 0 Å². The van der Waals surface area contributed by atoms with E-state index >= 15 is 0 Å². The average molecular weight is 340 g/mol. The molecule has 0 saturated heterocycles. The summed E-state index contributed by atoms with van der Waals surface area (Å²) in [6.07, 6.45) is 0. The second-order valence-corrected chi connectivity index (χ2v) is 13.3. The van der Waals surface area contributed by atoms with Gasteiger partial charge in [-0.1, -0.05) is 0 Å². The molecule has 1 unspecified atom stereocenters. The van der Waals surface area contributed by atoms with Crippen LogP contribution < -0.4 is 5.09 Å². The molecule has 0 aromatic heterocycles. The van der Waals surface area contributed by atoms with Gasteiger partial charge < -0.3 is 0 Å². The van der Waals surface area contributed by atoms with Gasteiger partial charge >= 0.3 is 15.0 Å². The highest BCUT2D eigenvalue weighted by atomic mass is 31.2. The Hall–Kier alpha value is 0.260. The van der Waals surface area contributed by atoms with Gasteiger partial charge in [0.25, 0.3) is 0 Å². The number of nitrogens with zero attached hydrogens (tertiary/aromatic N) is 6. The summed E-state index contributed by atoms with van der Waals surface area (Å²) in [6.45, 7) is 2.90. The van der Waals surface area contributed by atoms with Crippen molar-refractivity contribution in [3.05, 3.63) is 0 Å². The first-order valence-electron chi connectivity index (χ1n) is 7.17. The summed E-state index contributed by atoms with van der Waals surface area (Å²) in [5.74, 6) is 0. The standard InChI is InChI=1S/C12H36N7P2/c1-12-14-20(13-2,15(3)4)19(11)21(16(5)6,17(7)8)18(9)10/h13H,12H2,1-11H3/q+1. The molecule has 0 spiro atoms. The summed E-state index contributed by atoms with van der Waals surface area (Å²) < 4.78 is 16.7. The Morgan fingerprint density at radius 1 is 0.857 bits per heavy atom. The Morgan fingerprint density at radius 3 is 1.43 bits per heavy atom. The van der Waals surface area contributed by atoms with E-state index in [-0.39, 0.29) is 0 Å². The lowest BCUT2D eigenvalue weighted by Crippen LogP contribution is -2.38. The zero-order valence-electron chi connectivity index (χ0n) is 15.8. The van der Waals surface area contributed by atoms with E-state index in [1.807, 2.05) is 7.05 Å². The normalized spacial score (nSPS) is 16.0. The van der Waals surface area contributed by atoms with Crippen molar-refractivity contribution in [3.8, 4) is 0 Å². The van der Waals surface area contributed by atoms with Gasteiger partial charge in [0.15, 0.2) is 0 Å². The Bertz CT molecular complexity index is 412. The predicted octanol–water partition coefficient (Wildman–Crippen LogP) is 2.01. The van der Waals surface area contributed by atoms with Crippen molar-refractivity contribution in [3.63, 3.8) is 0 Å². The molecule has 0 radical (unpaired) electrons. The van der Waals surface area contributed by atoms with Gasteiger partial charge in [0.1, 0.15) is 7.05 Å². The average Bonchev–Trinajstić information content (AvgIpc) is 2.34. The number of rotatable bonds is 7. The topological polar surface area (TPSA) is 40.4 Å². The first kappa shape index (κ1) is 21.3. The zero-order chi connectivity index (χ0) is 17.0. The summed E-state index contributed by atoms with van der Waals surface area (Å²) in [5, 5.41) is 3.53. The number of hydrogen-bond acceptors (Lipinski definition) is 1. The van der Waals surface area contributed by atoms with Gasteiger partial charge in [0, 0.05) is 6.54 Å². The second kappa shape index (κ2) is 8.21. The molecule has 0 aliphatic heterocycles. The van der Waals surface area contributed by atoms with Crippen molar-refractivity contribution < 1.29 is 4.10 Å². The number of hydrogen-bond donors (Lipinski definition) is 1. The predicted molar refractivity (Wildman–Crippen MR) is 96.8 cm³/mol. The minimum absolute atomic E-state index is 0.797. The molecule has 0 saturated carbocycles. The van der Waals surface area contributed by atoms with Crippen LogP contribution in [0.1, 0.15) is 6.92 Å². The van der Waals surface area contributed by atoms with Crippen molar-refractivity contribution >= 4 is 15.0 Å². The molecule has 128 valence electrons. The first-order valence-corrected chi connectivity index (χ1v) is 10.4. The Labute approximate surface area is 132 Å². The van der Waals surface area contributed by atoms with Gasteiger partial charge in [-0.05, 0) is 70.4 Å². The molecule has 0 amide bonds. The minimum atomic E-state index is -1.96. The molecule has 0 aliphatic rings. The highest BCUT2D eigenvalue weighted by Crippen LogP contribution is 2.63. The number of nitrogens with one attached hydrogen (secondary N) is 1. The van der Waals surface area contributed by atoms with Crippen LogP contribution in [-0.2, 0) is 0 Å². The molecule has 0 rings (SSSR count). The van der Waals surface area contributed by atoms with Gasteiger partial charge in [-0.2, -0.15) is 4.10 Å². The highest BCUT2D eigenvalue weighted by Gasteiger charge is 2.45. The fraction of sp³-hybridized carbons (Fsp3) is 1.00. The molecule has 0 fully saturated rings. The molecule has 0 aromatic rings.